The van der Waals surface area contributed by atoms with Crippen LogP contribution in [0.2, 0.25) is 0 Å². The number of amides is 1. The van der Waals surface area contributed by atoms with Crippen molar-refractivity contribution in [3.05, 3.63) is 83.9 Å². The van der Waals surface area contributed by atoms with Gasteiger partial charge in [-0.05, 0) is 47.9 Å². The number of benzene rings is 1. The first-order valence-electron chi connectivity index (χ1n) is 7.12. The van der Waals surface area contributed by atoms with Crippen LogP contribution in [-0.2, 0) is 13.5 Å². The van der Waals surface area contributed by atoms with Gasteiger partial charge in [-0.1, -0.05) is 12.1 Å². The average Bonchev–Trinajstić information content (AvgIpc) is 2.97. The second kappa shape index (κ2) is 6.26. The molecule has 2 aromatic heterocycles. The third kappa shape index (κ3) is 3.41. The van der Waals surface area contributed by atoms with Crippen molar-refractivity contribution in [2.45, 2.75) is 6.42 Å². The van der Waals surface area contributed by atoms with Gasteiger partial charge in [0.1, 0.15) is 0 Å². The largest absolute Gasteiger partial charge is 0.356 e. The number of aryl methyl sites for hydroxylation is 1. The topological polar surface area (TPSA) is 46.9 Å². The van der Waals surface area contributed by atoms with Crippen molar-refractivity contribution in [1.29, 1.82) is 0 Å². The molecule has 1 aromatic carbocycles. The number of rotatable bonds is 4. The van der Waals surface area contributed by atoms with Gasteiger partial charge in [-0.2, -0.15) is 0 Å². The summed E-state index contributed by atoms with van der Waals surface area (Å²) in [6.07, 6.45) is 8.10. The standard InChI is InChI=1S/C18H17N3O/c1-21-11-8-16(13-21)18(22)20-17-4-2-14(3-5-17)12-15-6-9-19-10-7-15/h2-11,13H,12H2,1H3,(H,20,22). The van der Waals surface area contributed by atoms with Crippen molar-refractivity contribution in [3.8, 4) is 0 Å². The molecule has 4 heteroatoms. The van der Waals surface area contributed by atoms with E-state index in [-0.39, 0.29) is 5.91 Å². The van der Waals surface area contributed by atoms with Crippen molar-refractivity contribution in [2.24, 2.45) is 7.05 Å². The average molecular weight is 291 g/mol. The summed E-state index contributed by atoms with van der Waals surface area (Å²) in [6.45, 7) is 0. The van der Waals surface area contributed by atoms with Crippen LogP contribution in [0.4, 0.5) is 5.69 Å². The zero-order valence-electron chi connectivity index (χ0n) is 12.4. The van der Waals surface area contributed by atoms with Crippen molar-refractivity contribution in [3.63, 3.8) is 0 Å². The minimum atomic E-state index is -0.0949. The maximum Gasteiger partial charge on any atom is 0.257 e. The lowest BCUT2D eigenvalue weighted by Crippen LogP contribution is -2.11. The molecule has 110 valence electrons. The molecule has 0 aliphatic carbocycles. The summed E-state index contributed by atoms with van der Waals surface area (Å²) in [4.78, 5) is 16.1. The zero-order valence-corrected chi connectivity index (χ0v) is 12.4. The Kier molecular flexibility index (Phi) is 4.01. The van der Waals surface area contributed by atoms with Crippen molar-refractivity contribution in [2.75, 3.05) is 5.32 Å². The third-order valence-electron chi connectivity index (χ3n) is 3.46. The predicted molar refractivity (Wildman–Crippen MR) is 86.9 cm³/mol. The summed E-state index contributed by atoms with van der Waals surface area (Å²) in [5, 5.41) is 2.90. The van der Waals surface area contributed by atoms with Crippen LogP contribution in [0.15, 0.2) is 67.3 Å². The summed E-state index contributed by atoms with van der Waals surface area (Å²) >= 11 is 0. The number of pyridine rings is 1. The summed E-state index contributed by atoms with van der Waals surface area (Å²) in [7, 11) is 1.89. The Bertz CT molecular complexity index is 761. The van der Waals surface area contributed by atoms with Crippen LogP contribution in [0, 0.1) is 0 Å². The molecule has 4 nitrogen and oxygen atoms in total. The van der Waals surface area contributed by atoms with E-state index in [4.69, 9.17) is 0 Å². The molecule has 0 saturated carbocycles. The molecule has 0 fully saturated rings. The van der Waals surface area contributed by atoms with E-state index in [2.05, 4.69) is 10.3 Å². The minimum absolute atomic E-state index is 0.0949. The zero-order chi connectivity index (χ0) is 15.4. The van der Waals surface area contributed by atoms with Crippen molar-refractivity contribution < 1.29 is 4.79 Å². The summed E-state index contributed by atoms with van der Waals surface area (Å²) in [6, 6.07) is 13.7. The fraction of sp³-hybridized carbons (Fsp3) is 0.111. The molecule has 0 aliphatic heterocycles. The Morgan fingerprint density at radius 3 is 2.36 bits per heavy atom. The summed E-state index contributed by atoms with van der Waals surface area (Å²) < 4.78 is 1.85. The molecule has 1 amide bonds. The molecular weight excluding hydrogens is 274 g/mol. The van der Waals surface area contributed by atoms with Gasteiger partial charge in [-0.15, -0.1) is 0 Å². The van der Waals surface area contributed by atoms with Crippen LogP contribution in [0.3, 0.4) is 0 Å². The van der Waals surface area contributed by atoms with Gasteiger partial charge >= 0.3 is 0 Å². The normalized spacial score (nSPS) is 10.4. The molecule has 22 heavy (non-hydrogen) atoms. The predicted octanol–water partition coefficient (Wildman–Crippen LogP) is 3.26. The number of hydrogen-bond acceptors (Lipinski definition) is 2. The Hall–Kier alpha value is -2.88. The molecule has 2 heterocycles. The monoisotopic (exact) mass is 291 g/mol. The summed E-state index contributed by atoms with van der Waals surface area (Å²) in [5.74, 6) is -0.0949. The number of nitrogens with zero attached hydrogens (tertiary/aromatic N) is 2. The van der Waals surface area contributed by atoms with Gasteiger partial charge in [0.15, 0.2) is 0 Å². The van der Waals surface area contributed by atoms with Crippen molar-refractivity contribution >= 4 is 11.6 Å². The Morgan fingerprint density at radius 1 is 1.05 bits per heavy atom. The van der Waals surface area contributed by atoms with Crippen LogP contribution < -0.4 is 5.32 Å². The van der Waals surface area contributed by atoms with E-state index in [1.807, 2.05) is 54.2 Å². The molecule has 3 aromatic rings. The van der Waals surface area contributed by atoms with Crippen LogP contribution in [-0.4, -0.2) is 15.5 Å². The molecule has 0 radical (unpaired) electrons. The number of carbonyl (C=O) groups excluding carboxylic acids is 1. The highest BCUT2D eigenvalue weighted by Crippen LogP contribution is 2.14. The smallest absolute Gasteiger partial charge is 0.257 e. The molecule has 3 rings (SSSR count). The second-order valence-electron chi connectivity index (χ2n) is 5.25. The fourth-order valence-corrected chi connectivity index (χ4v) is 2.28. The van der Waals surface area contributed by atoms with Gasteiger partial charge in [0.2, 0.25) is 0 Å². The third-order valence-corrected chi connectivity index (χ3v) is 3.46. The van der Waals surface area contributed by atoms with Crippen LogP contribution in [0.25, 0.3) is 0 Å². The first-order valence-corrected chi connectivity index (χ1v) is 7.12. The van der Waals surface area contributed by atoms with Gasteiger partial charge in [0, 0.05) is 37.5 Å². The Labute approximate surface area is 129 Å². The van der Waals surface area contributed by atoms with Gasteiger partial charge < -0.3 is 9.88 Å². The summed E-state index contributed by atoms with van der Waals surface area (Å²) in [5.41, 5.74) is 3.87. The lowest BCUT2D eigenvalue weighted by molar-refractivity contribution is 0.102. The first kappa shape index (κ1) is 14.1. The fourth-order valence-electron chi connectivity index (χ4n) is 2.28. The van der Waals surface area contributed by atoms with Crippen molar-refractivity contribution in [1.82, 2.24) is 9.55 Å². The number of hydrogen-bond donors (Lipinski definition) is 1. The van der Waals surface area contributed by atoms with E-state index >= 15 is 0 Å². The van der Waals surface area contributed by atoms with Gasteiger partial charge in [-0.3, -0.25) is 9.78 Å². The molecule has 0 aliphatic rings. The van der Waals surface area contributed by atoms with Gasteiger partial charge in [0.05, 0.1) is 5.56 Å². The van der Waals surface area contributed by atoms with E-state index < -0.39 is 0 Å². The molecule has 0 unspecified atom stereocenters. The molecule has 0 atom stereocenters. The van der Waals surface area contributed by atoms with Gasteiger partial charge in [0.25, 0.3) is 5.91 Å². The van der Waals surface area contributed by atoms with E-state index in [0.29, 0.717) is 5.56 Å². The highest BCUT2D eigenvalue weighted by Gasteiger charge is 2.07. The highest BCUT2D eigenvalue weighted by atomic mass is 16.1. The molecule has 0 spiro atoms. The Balaban J connectivity index is 1.65. The number of aromatic nitrogens is 2. The Morgan fingerprint density at radius 2 is 1.73 bits per heavy atom. The first-order chi connectivity index (χ1) is 10.7. The number of anilines is 1. The van der Waals surface area contributed by atoms with E-state index in [0.717, 1.165) is 12.1 Å². The van der Waals surface area contributed by atoms with Crippen LogP contribution in [0.5, 0.6) is 0 Å². The maximum atomic E-state index is 12.1. The quantitative estimate of drug-likeness (QED) is 0.802. The lowest BCUT2D eigenvalue weighted by atomic mass is 10.1. The van der Waals surface area contributed by atoms with E-state index in [1.165, 1.54) is 11.1 Å². The molecule has 0 saturated heterocycles. The molecule has 1 N–H and O–H groups in total. The van der Waals surface area contributed by atoms with E-state index in [9.17, 15) is 4.79 Å². The van der Waals surface area contributed by atoms with Crippen LogP contribution >= 0.6 is 0 Å². The van der Waals surface area contributed by atoms with Gasteiger partial charge in [-0.25, -0.2) is 0 Å². The minimum Gasteiger partial charge on any atom is -0.356 e. The highest BCUT2D eigenvalue weighted by molar-refractivity contribution is 6.04. The maximum absolute atomic E-state index is 12.1. The molecular formula is C18H17N3O. The molecule has 0 bridgehead atoms. The second-order valence-corrected chi connectivity index (χ2v) is 5.25. The van der Waals surface area contributed by atoms with Crippen LogP contribution in [0.1, 0.15) is 21.5 Å². The lowest BCUT2D eigenvalue weighted by Gasteiger charge is -2.06. The number of nitrogens with one attached hydrogen (secondary N) is 1. The SMILES string of the molecule is Cn1ccc(C(=O)Nc2ccc(Cc3ccncc3)cc2)c1. The number of carbonyl (C=O) groups is 1. The van der Waals surface area contributed by atoms with E-state index in [1.54, 1.807) is 24.7 Å².